The molecule has 0 fully saturated rings. The van der Waals surface area contributed by atoms with Crippen LogP contribution in [0.1, 0.15) is 13.8 Å². The fourth-order valence-electron chi connectivity index (χ4n) is 1.02. The van der Waals surface area contributed by atoms with Crippen LogP contribution in [0.4, 0.5) is 0 Å². The lowest BCUT2D eigenvalue weighted by molar-refractivity contribution is -0.117. The zero-order valence-electron chi connectivity index (χ0n) is 7.33. The van der Waals surface area contributed by atoms with E-state index in [1.165, 1.54) is 0 Å². The van der Waals surface area contributed by atoms with Crippen LogP contribution >= 0.6 is 0 Å². The molecule has 0 bridgehead atoms. The summed E-state index contributed by atoms with van der Waals surface area (Å²) in [5.41, 5.74) is 6.18. The quantitative estimate of drug-likeness (QED) is 0.666. The first-order chi connectivity index (χ1) is 5.61. The predicted octanol–water partition coefficient (Wildman–Crippen LogP) is 0.968. The Balaban J connectivity index is 2.81. The number of carbonyl (C=O) groups excluding carboxylic acids is 1. The van der Waals surface area contributed by atoms with E-state index in [1.54, 1.807) is 6.08 Å². The molecule has 2 N–H and O–H groups in total. The maximum atomic E-state index is 10.7. The molecule has 0 saturated carbocycles. The van der Waals surface area contributed by atoms with Crippen LogP contribution in [0, 0.1) is 5.92 Å². The third-order valence-corrected chi connectivity index (χ3v) is 1.77. The summed E-state index contributed by atoms with van der Waals surface area (Å²) >= 11 is 0. The van der Waals surface area contributed by atoms with E-state index >= 15 is 0 Å². The number of allylic oxidation sites excluding steroid dienone is 2. The molecule has 0 aromatic carbocycles. The lowest BCUT2D eigenvalue weighted by Crippen LogP contribution is -2.19. The van der Waals surface area contributed by atoms with Gasteiger partial charge < -0.3 is 10.5 Å². The molecule has 0 atom stereocenters. The van der Waals surface area contributed by atoms with E-state index in [9.17, 15) is 4.79 Å². The Kier molecular flexibility index (Phi) is 2.53. The van der Waals surface area contributed by atoms with E-state index < -0.39 is 5.91 Å². The Hall–Kier alpha value is -1.25. The van der Waals surface area contributed by atoms with Gasteiger partial charge in [0.2, 0.25) is 0 Å². The third-order valence-electron chi connectivity index (χ3n) is 1.77. The first-order valence-electron chi connectivity index (χ1n) is 3.95. The highest BCUT2D eigenvalue weighted by Crippen LogP contribution is 2.17. The average Bonchev–Trinajstić information content (AvgIpc) is 2.04. The minimum Gasteiger partial charge on any atom is -0.484 e. The fraction of sp³-hybridized carbons (Fsp3) is 0.444. The van der Waals surface area contributed by atoms with Gasteiger partial charge in [0.25, 0.3) is 5.91 Å². The monoisotopic (exact) mass is 167 g/mol. The van der Waals surface area contributed by atoms with Crippen LogP contribution in [0.15, 0.2) is 23.5 Å². The Bertz CT molecular complexity index is 251. The van der Waals surface area contributed by atoms with Gasteiger partial charge in [0, 0.05) is 0 Å². The van der Waals surface area contributed by atoms with Crippen molar-refractivity contribution >= 4 is 5.91 Å². The number of nitrogens with two attached hydrogens (primary N) is 1. The zero-order chi connectivity index (χ0) is 9.14. The second-order valence-corrected chi connectivity index (χ2v) is 3.04. The van der Waals surface area contributed by atoms with Crippen molar-refractivity contribution in [1.82, 2.24) is 0 Å². The van der Waals surface area contributed by atoms with Gasteiger partial charge in [-0.05, 0) is 23.6 Å². The molecule has 0 aromatic rings. The second-order valence-electron chi connectivity index (χ2n) is 3.04. The highest BCUT2D eigenvalue weighted by molar-refractivity contribution is 5.90. The van der Waals surface area contributed by atoms with Gasteiger partial charge in [0.15, 0.2) is 5.76 Å². The summed E-state index contributed by atoms with van der Waals surface area (Å²) in [6.45, 7) is 4.57. The van der Waals surface area contributed by atoms with Crippen molar-refractivity contribution in [2.45, 2.75) is 13.8 Å². The molecule has 12 heavy (non-hydrogen) atoms. The van der Waals surface area contributed by atoms with Crippen molar-refractivity contribution in [3.05, 3.63) is 23.5 Å². The predicted molar refractivity (Wildman–Crippen MR) is 46.2 cm³/mol. The molecule has 1 aliphatic rings. The highest BCUT2D eigenvalue weighted by Gasteiger charge is 2.12. The number of carbonyl (C=O) groups is 1. The molecule has 1 rings (SSSR count). The van der Waals surface area contributed by atoms with Gasteiger partial charge in [-0.3, -0.25) is 4.79 Å². The summed E-state index contributed by atoms with van der Waals surface area (Å²) in [7, 11) is 0. The first kappa shape index (κ1) is 8.84. The van der Waals surface area contributed by atoms with Gasteiger partial charge in [-0.15, -0.1) is 0 Å². The summed E-state index contributed by atoms with van der Waals surface area (Å²) in [4.78, 5) is 10.7. The van der Waals surface area contributed by atoms with Crippen LogP contribution in [0.25, 0.3) is 0 Å². The Morgan fingerprint density at radius 1 is 1.67 bits per heavy atom. The number of amides is 1. The van der Waals surface area contributed by atoms with Crippen molar-refractivity contribution in [3.8, 4) is 0 Å². The van der Waals surface area contributed by atoms with Gasteiger partial charge in [-0.1, -0.05) is 13.8 Å². The molecule has 0 unspecified atom stereocenters. The van der Waals surface area contributed by atoms with Gasteiger partial charge >= 0.3 is 0 Å². The molecule has 0 aliphatic carbocycles. The molecule has 0 spiro atoms. The van der Waals surface area contributed by atoms with E-state index in [1.807, 2.05) is 6.08 Å². The minimum absolute atomic E-state index is 0.265. The number of ether oxygens (including phenoxy) is 1. The van der Waals surface area contributed by atoms with Gasteiger partial charge in [-0.2, -0.15) is 0 Å². The number of hydrogen-bond acceptors (Lipinski definition) is 2. The average molecular weight is 167 g/mol. The fourth-order valence-corrected chi connectivity index (χ4v) is 1.02. The van der Waals surface area contributed by atoms with E-state index in [0.29, 0.717) is 12.5 Å². The third kappa shape index (κ3) is 1.87. The summed E-state index contributed by atoms with van der Waals surface area (Å²) in [6.07, 6.45) is 3.66. The van der Waals surface area contributed by atoms with Crippen LogP contribution in [-0.2, 0) is 9.53 Å². The smallest absolute Gasteiger partial charge is 0.283 e. The van der Waals surface area contributed by atoms with E-state index in [4.69, 9.17) is 10.5 Å². The standard InChI is InChI=1S/C9H13NO2/c1-6(2)7-3-4-12-8(5-7)9(10)11/h3,5-6H,4H2,1-2H3,(H2,10,11). The molecule has 1 heterocycles. The molecule has 66 valence electrons. The number of hydrogen-bond donors (Lipinski definition) is 1. The zero-order valence-corrected chi connectivity index (χ0v) is 7.33. The maximum absolute atomic E-state index is 10.7. The molecular formula is C9H13NO2. The number of primary amides is 1. The van der Waals surface area contributed by atoms with Gasteiger partial charge in [0.1, 0.15) is 6.61 Å². The summed E-state index contributed by atoms with van der Waals surface area (Å²) in [5, 5.41) is 0. The summed E-state index contributed by atoms with van der Waals surface area (Å²) in [6, 6.07) is 0. The first-order valence-corrected chi connectivity index (χ1v) is 3.95. The Morgan fingerprint density at radius 2 is 2.33 bits per heavy atom. The van der Waals surface area contributed by atoms with Crippen molar-refractivity contribution in [2.24, 2.45) is 11.7 Å². The van der Waals surface area contributed by atoms with Crippen LogP contribution in [-0.4, -0.2) is 12.5 Å². The molecule has 1 amide bonds. The number of rotatable bonds is 2. The van der Waals surface area contributed by atoms with Crippen LogP contribution in [0.2, 0.25) is 0 Å². The normalized spacial score (nSPS) is 16.6. The van der Waals surface area contributed by atoms with E-state index in [-0.39, 0.29) is 5.76 Å². The van der Waals surface area contributed by atoms with Crippen LogP contribution in [0.5, 0.6) is 0 Å². The van der Waals surface area contributed by atoms with Crippen LogP contribution < -0.4 is 5.73 Å². The molecule has 0 aromatic heterocycles. The van der Waals surface area contributed by atoms with Crippen molar-refractivity contribution in [3.63, 3.8) is 0 Å². The summed E-state index contributed by atoms with van der Waals surface area (Å²) < 4.78 is 5.03. The van der Waals surface area contributed by atoms with Crippen molar-refractivity contribution in [2.75, 3.05) is 6.61 Å². The molecular weight excluding hydrogens is 154 g/mol. The SMILES string of the molecule is CC(C)C1=CCOC(C(N)=O)=C1. The summed E-state index contributed by atoms with van der Waals surface area (Å²) in [5.74, 6) is 0.172. The van der Waals surface area contributed by atoms with Gasteiger partial charge in [-0.25, -0.2) is 0 Å². The topological polar surface area (TPSA) is 52.3 Å². The molecule has 1 aliphatic heterocycles. The molecule has 3 nitrogen and oxygen atoms in total. The lowest BCUT2D eigenvalue weighted by Gasteiger charge is -2.15. The largest absolute Gasteiger partial charge is 0.484 e. The Morgan fingerprint density at radius 3 is 2.83 bits per heavy atom. The van der Waals surface area contributed by atoms with Crippen LogP contribution in [0.3, 0.4) is 0 Å². The van der Waals surface area contributed by atoms with E-state index in [0.717, 1.165) is 5.57 Å². The molecule has 0 saturated heterocycles. The van der Waals surface area contributed by atoms with E-state index in [2.05, 4.69) is 13.8 Å². The minimum atomic E-state index is -0.499. The molecule has 0 radical (unpaired) electrons. The Labute approximate surface area is 71.9 Å². The molecule has 3 heteroatoms. The van der Waals surface area contributed by atoms with Crippen molar-refractivity contribution < 1.29 is 9.53 Å². The maximum Gasteiger partial charge on any atom is 0.283 e. The van der Waals surface area contributed by atoms with Gasteiger partial charge in [0.05, 0.1) is 0 Å². The van der Waals surface area contributed by atoms with Crippen molar-refractivity contribution in [1.29, 1.82) is 0 Å². The highest BCUT2D eigenvalue weighted by atomic mass is 16.5. The lowest BCUT2D eigenvalue weighted by atomic mass is 10.0. The second kappa shape index (κ2) is 3.43.